The molecule has 0 aromatic heterocycles. The topological polar surface area (TPSA) is 93.7 Å². The predicted octanol–water partition coefficient (Wildman–Crippen LogP) is 3.03. The number of alkyl carbamates (subject to hydrolysis) is 1. The number of amides is 2. The first kappa shape index (κ1) is 23.5. The smallest absolute Gasteiger partial charge is 0.408 e. The van der Waals surface area contributed by atoms with Crippen LogP contribution in [0.3, 0.4) is 0 Å². The van der Waals surface area contributed by atoms with Crippen LogP contribution in [0.4, 0.5) is 4.79 Å². The lowest BCUT2D eigenvalue weighted by Gasteiger charge is -2.31. The molecule has 2 N–H and O–H groups in total. The van der Waals surface area contributed by atoms with Crippen LogP contribution in [0.1, 0.15) is 46.6 Å². The largest absolute Gasteiger partial charge is 0.467 e. The van der Waals surface area contributed by atoms with E-state index < -0.39 is 35.5 Å². The Labute approximate surface area is 167 Å². The summed E-state index contributed by atoms with van der Waals surface area (Å²) >= 11 is 0. The first-order valence-corrected chi connectivity index (χ1v) is 9.45. The summed E-state index contributed by atoms with van der Waals surface area (Å²) in [5.74, 6) is -1.13. The summed E-state index contributed by atoms with van der Waals surface area (Å²) in [6.07, 6.45) is -0.0233. The van der Waals surface area contributed by atoms with Crippen molar-refractivity contribution >= 4 is 18.0 Å². The summed E-state index contributed by atoms with van der Waals surface area (Å²) in [6.45, 7) is 9.36. The molecule has 0 aliphatic carbocycles. The van der Waals surface area contributed by atoms with E-state index in [4.69, 9.17) is 9.47 Å². The zero-order valence-electron chi connectivity index (χ0n) is 17.6. The molecule has 1 rings (SSSR count). The maximum absolute atomic E-state index is 12.8. The number of ether oxygens (including phenoxy) is 2. The molecule has 0 saturated carbocycles. The molecule has 7 heteroatoms. The number of hydrogen-bond donors (Lipinski definition) is 2. The summed E-state index contributed by atoms with van der Waals surface area (Å²) in [6, 6.07) is 7.60. The van der Waals surface area contributed by atoms with Gasteiger partial charge in [-0.3, -0.25) is 4.79 Å². The lowest BCUT2D eigenvalue weighted by molar-refractivity contribution is -0.148. The number of benzene rings is 1. The summed E-state index contributed by atoms with van der Waals surface area (Å²) in [4.78, 5) is 37.1. The van der Waals surface area contributed by atoms with E-state index in [1.54, 1.807) is 0 Å². The molecular formula is C21H32N2O5. The number of methoxy groups -OCH3 is 1. The Morgan fingerprint density at radius 1 is 1.07 bits per heavy atom. The van der Waals surface area contributed by atoms with Crippen molar-refractivity contribution in [3.63, 3.8) is 0 Å². The molecule has 0 fully saturated rings. The Balaban J connectivity index is 2.81. The monoisotopic (exact) mass is 392 g/mol. The van der Waals surface area contributed by atoms with Gasteiger partial charge in [0.05, 0.1) is 7.11 Å². The van der Waals surface area contributed by atoms with Crippen LogP contribution in [0.25, 0.3) is 0 Å². The van der Waals surface area contributed by atoms with Crippen molar-refractivity contribution in [1.29, 1.82) is 0 Å². The SMILES string of the molecule is CCC(C)[C@H](NC(=O)OCc1ccccc1)C(=O)N[C@H](C(=O)OC)C(C)(C)C. The van der Waals surface area contributed by atoms with Crippen molar-refractivity contribution in [2.45, 2.75) is 59.7 Å². The first-order chi connectivity index (χ1) is 13.1. The van der Waals surface area contributed by atoms with Crippen molar-refractivity contribution < 1.29 is 23.9 Å². The third-order valence-electron chi connectivity index (χ3n) is 4.57. The minimum Gasteiger partial charge on any atom is -0.467 e. The zero-order valence-corrected chi connectivity index (χ0v) is 17.6. The fourth-order valence-corrected chi connectivity index (χ4v) is 2.57. The molecule has 0 radical (unpaired) electrons. The van der Waals surface area contributed by atoms with Crippen molar-refractivity contribution in [1.82, 2.24) is 10.6 Å². The molecule has 28 heavy (non-hydrogen) atoms. The minimum absolute atomic E-state index is 0.105. The van der Waals surface area contributed by atoms with Gasteiger partial charge in [0.1, 0.15) is 18.7 Å². The second-order valence-corrected chi connectivity index (χ2v) is 7.90. The van der Waals surface area contributed by atoms with Gasteiger partial charge in [0, 0.05) is 0 Å². The molecule has 0 aliphatic heterocycles. The molecule has 1 unspecified atom stereocenters. The van der Waals surface area contributed by atoms with Crippen molar-refractivity contribution in [2.24, 2.45) is 11.3 Å². The van der Waals surface area contributed by atoms with E-state index in [0.29, 0.717) is 6.42 Å². The van der Waals surface area contributed by atoms with Gasteiger partial charge >= 0.3 is 12.1 Å². The van der Waals surface area contributed by atoms with Crippen LogP contribution in [0, 0.1) is 11.3 Å². The van der Waals surface area contributed by atoms with Gasteiger partial charge in [0.15, 0.2) is 0 Å². The summed E-state index contributed by atoms with van der Waals surface area (Å²) in [5.41, 5.74) is 0.303. The highest BCUT2D eigenvalue weighted by molar-refractivity contribution is 5.90. The Bertz CT molecular complexity index is 655. The molecule has 0 saturated heterocycles. The van der Waals surface area contributed by atoms with Gasteiger partial charge in [-0.2, -0.15) is 0 Å². The summed E-state index contributed by atoms with van der Waals surface area (Å²) < 4.78 is 10.0. The molecule has 3 atom stereocenters. The van der Waals surface area contributed by atoms with E-state index >= 15 is 0 Å². The van der Waals surface area contributed by atoms with Gasteiger partial charge in [0.25, 0.3) is 0 Å². The van der Waals surface area contributed by atoms with E-state index in [-0.39, 0.29) is 12.5 Å². The Morgan fingerprint density at radius 2 is 1.68 bits per heavy atom. The number of carbonyl (C=O) groups excluding carboxylic acids is 3. The number of nitrogens with one attached hydrogen (secondary N) is 2. The Kier molecular flexibility index (Phi) is 8.96. The van der Waals surface area contributed by atoms with Gasteiger partial charge in [-0.15, -0.1) is 0 Å². The van der Waals surface area contributed by atoms with Crippen LogP contribution in [-0.2, 0) is 25.7 Å². The van der Waals surface area contributed by atoms with Crippen LogP contribution < -0.4 is 10.6 Å². The summed E-state index contributed by atoms with van der Waals surface area (Å²) in [7, 11) is 1.28. The first-order valence-electron chi connectivity index (χ1n) is 9.45. The fourth-order valence-electron chi connectivity index (χ4n) is 2.57. The molecule has 1 aromatic carbocycles. The molecule has 0 spiro atoms. The second-order valence-electron chi connectivity index (χ2n) is 7.90. The van der Waals surface area contributed by atoms with Crippen LogP contribution >= 0.6 is 0 Å². The van der Waals surface area contributed by atoms with Gasteiger partial charge < -0.3 is 20.1 Å². The lowest BCUT2D eigenvalue weighted by atomic mass is 9.86. The molecule has 0 bridgehead atoms. The molecule has 7 nitrogen and oxygen atoms in total. The third-order valence-corrected chi connectivity index (χ3v) is 4.57. The second kappa shape index (κ2) is 10.7. The van der Waals surface area contributed by atoms with E-state index in [2.05, 4.69) is 10.6 Å². The van der Waals surface area contributed by atoms with Crippen LogP contribution in [0.5, 0.6) is 0 Å². The highest BCUT2D eigenvalue weighted by Crippen LogP contribution is 2.21. The average molecular weight is 392 g/mol. The highest BCUT2D eigenvalue weighted by atomic mass is 16.5. The number of carbonyl (C=O) groups is 3. The molecule has 0 aliphatic rings. The van der Waals surface area contributed by atoms with Crippen LogP contribution in [0.15, 0.2) is 30.3 Å². The van der Waals surface area contributed by atoms with E-state index in [1.165, 1.54) is 7.11 Å². The van der Waals surface area contributed by atoms with E-state index in [9.17, 15) is 14.4 Å². The van der Waals surface area contributed by atoms with Gasteiger partial charge in [-0.05, 0) is 16.9 Å². The van der Waals surface area contributed by atoms with Crippen molar-refractivity contribution in [3.8, 4) is 0 Å². The minimum atomic E-state index is -0.835. The fraction of sp³-hybridized carbons (Fsp3) is 0.571. The zero-order chi connectivity index (χ0) is 21.3. The maximum Gasteiger partial charge on any atom is 0.408 e. The van der Waals surface area contributed by atoms with Crippen LogP contribution in [0.2, 0.25) is 0 Å². The number of hydrogen-bond acceptors (Lipinski definition) is 5. The van der Waals surface area contributed by atoms with Gasteiger partial charge in [0.2, 0.25) is 5.91 Å². The number of esters is 1. The lowest BCUT2D eigenvalue weighted by Crippen LogP contribution is -2.57. The van der Waals surface area contributed by atoms with Crippen LogP contribution in [-0.4, -0.2) is 37.2 Å². The summed E-state index contributed by atoms with van der Waals surface area (Å²) in [5, 5.41) is 5.34. The maximum atomic E-state index is 12.8. The van der Waals surface area contributed by atoms with E-state index in [1.807, 2.05) is 65.0 Å². The van der Waals surface area contributed by atoms with Gasteiger partial charge in [-0.1, -0.05) is 71.4 Å². The Morgan fingerprint density at radius 3 is 2.18 bits per heavy atom. The standard InChI is InChI=1S/C21H32N2O5/c1-7-14(2)16(18(24)23-17(19(25)27-6)21(3,4)5)22-20(26)28-13-15-11-9-8-10-12-15/h8-12,14,16-17H,7,13H2,1-6H3,(H,22,26)(H,23,24)/t14?,16-,17+/m0/s1. The van der Waals surface area contributed by atoms with Crippen molar-refractivity contribution in [3.05, 3.63) is 35.9 Å². The third kappa shape index (κ3) is 7.21. The molecule has 156 valence electrons. The average Bonchev–Trinajstić information content (AvgIpc) is 2.67. The van der Waals surface area contributed by atoms with Gasteiger partial charge in [-0.25, -0.2) is 9.59 Å². The molecular weight excluding hydrogens is 360 g/mol. The predicted molar refractivity (Wildman–Crippen MR) is 106 cm³/mol. The molecule has 1 aromatic rings. The quantitative estimate of drug-likeness (QED) is 0.663. The molecule has 2 amide bonds. The molecule has 0 heterocycles. The number of rotatable bonds is 8. The highest BCUT2D eigenvalue weighted by Gasteiger charge is 2.36. The van der Waals surface area contributed by atoms with E-state index in [0.717, 1.165) is 5.56 Å². The van der Waals surface area contributed by atoms with Crippen molar-refractivity contribution in [2.75, 3.05) is 7.11 Å². The Hall–Kier alpha value is -2.57. The normalized spacial score (nSPS) is 14.4.